The van der Waals surface area contributed by atoms with E-state index in [1.54, 1.807) is 13.3 Å². The molecule has 0 aromatic carbocycles. The highest BCUT2D eigenvalue weighted by atomic mass is 16.5. The van der Waals surface area contributed by atoms with E-state index in [0.717, 1.165) is 40.9 Å². The zero-order valence-corrected chi connectivity index (χ0v) is 16.2. The Morgan fingerprint density at radius 2 is 1.89 bits per heavy atom. The van der Waals surface area contributed by atoms with Gasteiger partial charge in [0.15, 0.2) is 0 Å². The molecule has 0 atom stereocenters. The predicted octanol–water partition coefficient (Wildman–Crippen LogP) is 4.04. The molecule has 0 radical (unpaired) electrons. The standard InChI is InChI=1S/C21H24N6O/c1-14-3-5-16(6-4-14)23-21-24-20(28-2)19-18(9-12-27(19)25-21)15-8-11-26-17(13-15)7-10-22-26/h7-14,16H,3-6H2,1-2H3,(H,23,25). The van der Waals surface area contributed by atoms with Crippen molar-refractivity contribution in [2.75, 3.05) is 12.4 Å². The van der Waals surface area contributed by atoms with Crippen LogP contribution in [0.2, 0.25) is 0 Å². The van der Waals surface area contributed by atoms with Gasteiger partial charge < -0.3 is 10.1 Å². The molecule has 0 unspecified atom stereocenters. The van der Waals surface area contributed by atoms with Crippen LogP contribution >= 0.6 is 0 Å². The van der Waals surface area contributed by atoms with Crippen molar-refractivity contribution >= 4 is 17.0 Å². The summed E-state index contributed by atoms with van der Waals surface area (Å²) in [6.45, 7) is 2.32. The van der Waals surface area contributed by atoms with Crippen LogP contribution in [0.4, 0.5) is 5.95 Å². The van der Waals surface area contributed by atoms with Gasteiger partial charge in [0.1, 0.15) is 5.52 Å². The van der Waals surface area contributed by atoms with Crippen molar-refractivity contribution in [3.8, 4) is 17.0 Å². The number of nitrogens with zero attached hydrogens (tertiary/aromatic N) is 5. The van der Waals surface area contributed by atoms with E-state index in [2.05, 4.69) is 34.5 Å². The monoisotopic (exact) mass is 376 g/mol. The smallest absolute Gasteiger partial charge is 0.244 e. The van der Waals surface area contributed by atoms with Crippen molar-refractivity contribution in [3.05, 3.63) is 42.9 Å². The van der Waals surface area contributed by atoms with Crippen LogP contribution in [0, 0.1) is 5.92 Å². The molecule has 1 saturated carbocycles. The number of hydrogen-bond donors (Lipinski definition) is 1. The van der Waals surface area contributed by atoms with Crippen molar-refractivity contribution in [1.29, 1.82) is 0 Å². The summed E-state index contributed by atoms with van der Waals surface area (Å²) in [5.74, 6) is 2.02. The Labute approximate surface area is 163 Å². The Kier molecular flexibility index (Phi) is 4.15. The van der Waals surface area contributed by atoms with Crippen LogP contribution in [-0.4, -0.2) is 37.4 Å². The molecule has 1 aliphatic rings. The minimum atomic E-state index is 0.428. The molecule has 28 heavy (non-hydrogen) atoms. The Balaban J connectivity index is 1.52. The summed E-state index contributed by atoms with van der Waals surface area (Å²) in [7, 11) is 1.66. The van der Waals surface area contributed by atoms with E-state index in [0.29, 0.717) is 17.9 Å². The first-order chi connectivity index (χ1) is 13.7. The molecule has 4 aromatic rings. The SMILES string of the molecule is COc1nc(NC2CCC(C)CC2)nn2ccc(-c3ccn4nccc4c3)c12. The number of ether oxygens (including phenoxy) is 1. The van der Waals surface area contributed by atoms with Crippen molar-refractivity contribution in [2.45, 2.75) is 38.6 Å². The molecule has 5 rings (SSSR count). The van der Waals surface area contributed by atoms with E-state index >= 15 is 0 Å². The Morgan fingerprint density at radius 3 is 2.71 bits per heavy atom. The number of fused-ring (bicyclic) bond motifs is 2. The largest absolute Gasteiger partial charge is 0.479 e. The second-order valence-electron chi connectivity index (χ2n) is 7.68. The minimum absolute atomic E-state index is 0.428. The normalized spacial score (nSPS) is 19.9. The van der Waals surface area contributed by atoms with Crippen molar-refractivity contribution in [2.24, 2.45) is 5.92 Å². The van der Waals surface area contributed by atoms with Gasteiger partial charge in [0.2, 0.25) is 11.8 Å². The van der Waals surface area contributed by atoms with Crippen LogP contribution < -0.4 is 10.1 Å². The molecule has 4 aromatic heterocycles. The molecule has 0 spiro atoms. The summed E-state index contributed by atoms with van der Waals surface area (Å²) >= 11 is 0. The molecule has 0 amide bonds. The Hall–Kier alpha value is -3.09. The van der Waals surface area contributed by atoms with Gasteiger partial charge in [-0.05, 0) is 61.4 Å². The maximum Gasteiger partial charge on any atom is 0.244 e. The van der Waals surface area contributed by atoms with Gasteiger partial charge >= 0.3 is 0 Å². The van der Waals surface area contributed by atoms with Crippen LogP contribution in [0.3, 0.4) is 0 Å². The lowest BCUT2D eigenvalue weighted by Gasteiger charge is -2.26. The lowest BCUT2D eigenvalue weighted by molar-refractivity contribution is 0.359. The molecule has 7 heteroatoms. The van der Waals surface area contributed by atoms with E-state index in [4.69, 9.17) is 9.84 Å². The van der Waals surface area contributed by atoms with Crippen molar-refractivity contribution < 1.29 is 4.74 Å². The van der Waals surface area contributed by atoms with Crippen molar-refractivity contribution in [3.63, 3.8) is 0 Å². The van der Waals surface area contributed by atoms with E-state index in [9.17, 15) is 0 Å². The summed E-state index contributed by atoms with van der Waals surface area (Å²) in [5.41, 5.74) is 4.04. The molecule has 144 valence electrons. The maximum atomic E-state index is 5.64. The van der Waals surface area contributed by atoms with E-state index in [1.165, 1.54) is 12.8 Å². The number of aromatic nitrogens is 5. The quantitative estimate of drug-likeness (QED) is 0.582. The zero-order chi connectivity index (χ0) is 19.1. The first-order valence-electron chi connectivity index (χ1n) is 9.85. The van der Waals surface area contributed by atoms with Gasteiger partial charge in [-0.1, -0.05) is 6.92 Å². The number of methoxy groups -OCH3 is 1. The topological polar surface area (TPSA) is 68.8 Å². The highest BCUT2D eigenvalue weighted by Gasteiger charge is 2.20. The lowest BCUT2D eigenvalue weighted by atomic mass is 9.87. The van der Waals surface area contributed by atoms with E-state index in [-0.39, 0.29) is 0 Å². The summed E-state index contributed by atoms with van der Waals surface area (Å²) in [5, 5.41) is 12.5. The number of rotatable bonds is 4. The molecule has 7 nitrogen and oxygen atoms in total. The predicted molar refractivity (Wildman–Crippen MR) is 109 cm³/mol. The second-order valence-corrected chi connectivity index (χ2v) is 7.68. The van der Waals surface area contributed by atoms with Crippen LogP contribution in [0.15, 0.2) is 42.9 Å². The molecule has 0 aliphatic heterocycles. The number of hydrogen-bond acceptors (Lipinski definition) is 5. The zero-order valence-electron chi connectivity index (χ0n) is 16.2. The van der Waals surface area contributed by atoms with Gasteiger partial charge in [-0.3, -0.25) is 0 Å². The average Bonchev–Trinajstić information content (AvgIpc) is 3.35. The third kappa shape index (κ3) is 2.96. The number of nitrogens with one attached hydrogen (secondary N) is 1. The summed E-state index contributed by atoms with van der Waals surface area (Å²) in [4.78, 5) is 4.66. The number of anilines is 1. The Bertz CT molecular complexity index is 1120. The summed E-state index contributed by atoms with van der Waals surface area (Å²) in [6, 6.07) is 8.63. The van der Waals surface area contributed by atoms with Gasteiger partial charge in [0.25, 0.3) is 0 Å². The molecule has 1 fully saturated rings. The molecule has 1 aliphatic carbocycles. The maximum absolute atomic E-state index is 5.64. The van der Waals surface area contributed by atoms with Crippen LogP contribution in [0.5, 0.6) is 5.88 Å². The van der Waals surface area contributed by atoms with Gasteiger partial charge in [0.05, 0.1) is 12.6 Å². The van der Waals surface area contributed by atoms with E-state index < -0.39 is 0 Å². The highest BCUT2D eigenvalue weighted by Crippen LogP contribution is 2.32. The van der Waals surface area contributed by atoms with Gasteiger partial charge in [0, 0.05) is 30.2 Å². The van der Waals surface area contributed by atoms with Gasteiger partial charge in [-0.25, -0.2) is 9.03 Å². The van der Waals surface area contributed by atoms with Crippen LogP contribution in [0.1, 0.15) is 32.6 Å². The third-order valence-electron chi connectivity index (χ3n) is 5.73. The molecule has 1 N–H and O–H groups in total. The summed E-state index contributed by atoms with van der Waals surface area (Å²) < 4.78 is 9.34. The third-order valence-corrected chi connectivity index (χ3v) is 5.73. The molecule has 4 heterocycles. The Morgan fingerprint density at radius 1 is 1.07 bits per heavy atom. The van der Waals surface area contributed by atoms with Gasteiger partial charge in [-0.15, -0.1) is 5.10 Å². The fourth-order valence-electron chi connectivity index (χ4n) is 4.10. The van der Waals surface area contributed by atoms with Crippen molar-refractivity contribution in [1.82, 2.24) is 24.2 Å². The number of pyridine rings is 1. The second kappa shape index (κ2) is 6.82. The average molecular weight is 376 g/mol. The minimum Gasteiger partial charge on any atom is -0.479 e. The molecular weight excluding hydrogens is 352 g/mol. The molecule has 0 saturated heterocycles. The lowest BCUT2D eigenvalue weighted by Crippen LogP contribution is -2.26. The fourth-order valence-corrected chi connectivity index (χ4v) is 4.10. The van der Waals surface area contributed by atoms with Crippen LogP contribution in [-0.2, 0) is 0 Å². The van der Waals surface area contributed by atoms with Crippen LogP contribution in [0.25, 0.3) is 22.2 Å². The van der Waals surface area contributed by atoms with Gasteiger partial charge in [-0.2, -0.15) is 10.1 Å². The van der Waals surface area contributed by atoms with E-state index in [1.807, 2.05) is 33.6 Å². The first kappa shape index (κ1) is 17.0. The highest BCUT2D eigenvalue weighted by molar-refractivity contribution is 5.85. The first-order valence-corrected chi connectivity index (χ1v) is 9.85. The molecule has 0 bridgehead atoms. The molecular formula is C21H24N6O. The summed E-state index contributed by atoms with van der Waals surface area (Å²) in [6.07, 6.45) is 10.5. The fraction of sp³-hybridized carbons (Fsp3) is 0.381.